The fourth-order valence-corrected chi connectivity index (χ4v) is 3.74. The number of hydrogen-bond acceptors (Lipinski definition) is 7. The van der Waals surface area contributed by atoms with Crippen molar-refractivity contribution in [3.63, 3.8) is 0 Å². The number of thiophene rings is 1. The van der Waals surface area contributed by atoms with E-state index in [1.807, 2.05) is 36.6 Å². The lowest BCUT2D eigenvalue weighted by Crippen LogP contribution is -2.10. The van der Waals surface area contributed by atoms with Crippen LogP contribution in [-0.4, -0.2) is 24.0 Å². The van der Waals surface area contributed by atoms with Crippen LogP contribution in [0.2, 0.25) is 0 Å². The molecule has 8 heteroatoms. The van der Waals surface area contributed by atoms with E-state index in [1.54, 1.807) is 28.9 Å². The molecule has 0 aliphatic rings. The molecule has 28 heavy (non-hydrogen) atoms. The number of carbonyl (C=O) groups excluding carboxylic acids is 2. The number of rotatable bonds is 7. The van der Waals surface area contributed by atoms with Crippen LogP contribution in [-0.2, 0) is 16.1 Å². The molecule has 1 aromatic carbocycles. The molecular formula is C20H18N2O4S2. The lowest BCUT2D eigenvalue weighted by atomic mass is 10.2. The fourth-order valence-electron chi connectivity index (χ4n) is 2.37. The SMILES string of the molecule is COC(=O)c1sccc1NC(=O)/C=C/c1ccccc1OCc1csc(C)n1. The first-order chi connectivity index (χ1) is 13.6. The van der Waals surface area contributed by atoms with E-state index < -0.39 is 5.97 Å². The Morgan fingerprint density at radius 1 is 1.21 bits per heavy atom. The van der Waals surface area contributed by atoms with E-state index in [1.165, 1.54) is 24.5 Å². The average molecular weight is 415 g/mol. The van der Waals surface area contributed by atoms with E-state index in [2.05, 4.69) is 10.3 Å². The first kappa shape index (κ1) is 19.8. The van der Waals surface area contributed by atoms with Crippen LogP contribution in [0.15, 0.2) is 47.2 Å². The van der Waals surface area contributed by atoms with Gasteiger partial charge in [0.15, 0.2) is 0 Å². The summed E-state index contributed by atoms with van der Waals surface area (Å²) >= 11 is 2.78. The zero-order chi connectivity index (χ0) is 19.9. The van der Waals surface area contributed by atoms with E-state index in [0.29, 0.717) is 22.9 Å². The normalized spacial score (nSPS) is 10.8. The minimum Gasteiger partial charge on any atom is -0.487 e. The highest BCUT2D eigenvalue weighted by Gasteiger charge is 2.14. The summed E-state index contributed by atoms with van der Waals surface area (Å²) in [5, 5.41) is 7.36. The van der Waals surface area contributed by atoms with Crippen molar-refractivity contribution in [2.45, 2.75) is 13.5 Å². The molecular weight excluding hydrogens is 396 g/mol. The van der Waals surface area contributed by atoms with Gasteiger partial charge in [-0.15, -0.1) is 22.7 Å². The lowest BCUT2D eigenvalue weighted by Gasteiger charge is -2.08. The summed E-state index contributed by atoms with van der Waals surface area (Å²) in [7, 11) is 1.30. The number of esters is 1. The summed E-state index contributed by atoms with van der Waals surface area (Å²) in [6.07, 6.45) is 3.06. The molecule has 0 saturated carbocycles. The second kappa shape index (κ2) is 9.29. The Bertz CT molecular complexity index is 1010. The number of benzene rings is 1. The van der Waals surface area contributed by atoms with Crippen LogP contribution in [0.5, 0.6) is 5.75 Å². The number of nitrogens with zero attached hydrogens (tertiary/aromatic N) is 1. The van der Waals surface area contributed by atoms with Gasteiger partial charge in [0.05, 0.1) is 23.5 Å². The Hall–Kier alpha value is -2.97. The Balaban J connectivity index is 1.66. The predicted octanol–water partition coefficient (Wildman–Crippen LogP) is 4.53. The highest BCUT2D eigenvalue weighted by molar-refractivity contribution is 7.12. The molecule has 0 aliphatic heterocycles. The Morgan fingerprint density at radius 3 is 2.79 bits per heavy atom. The van der Waals surface area contributed by atoms with Gasteiger partial charge in [0, 0.05) is 17.0 Å². The third-order valence-electron chi connectivity index (χ3n) is 3.67. The Kier molecular flexibility index (Phi) is 6.57. The van der Waals surface area contributed by atoms with Crippen LogP contribution in [0, 0.1) is 6.92 Å². The van der Waals surface area contributed by atoms with Gasteiger partial charge in [-0.05, 0) is 30.5 Å². The van der Waals surface area contributed by atoms with E-state index in [4.69, 9.17) is 9.47 Å². The molecule has 0 spiro atoms. The summed E-state index contributed by atoms with van der Waals surface area (Å²) in [4.78, 5) is 28.7. The van der Waals surface area contributed by atoms with Crippen LogP contribution in [0.4, 0.5) is 5.69 Å². The summed E-state index contributed by atoms with van der Waals surface area (Å²) in [5.74, 6) is -0.179. The number of aromatic nitrogens is 1. The number of amides is 1. The molecule has 0 fully saturated rings. The number of aryl methyl sites for hydroxylation is 1. The molecule has 6 nitrogen and oxygen atoms in total. The van der Waals surface area contributed by atoms with Gasteiger partial charge in [0.2, 0.25) is 5.91 Å². The molecule has 144 valence electrons. The highest BCUT2D eigenvalue weighted by Crippen LogP contribution is 2.24. The number of hydrogen-bond donors (Lipinski definition) is 1. The number of para-hydroxylation sites is 1. The molecule has 2 aromatic heterocycles. The first-order valence-corrected chi connectivity index (χ1v) is 10.1. The van der Waals surface area contributed by atoms with Crippen molar-refractivity contribution in [3.8, 4) is 5.75 Å². The van der Waals surface area contributed by atoms with Gasteiger partial charge in [-0.3, -0.25) is 4.79 Å². The number of carbonyl (C=O) groups is 2. The lowest BCUT2D eigenvalue weighted by molar-refractivity contribution is -0.111. The van der Waals surface area contributed by atoms with Gasteiger partial charge in [-0.1, -0.05) is 18.2 Å². The van der Waals surface area contributed by atoms with Crippen LogP contribution in [0.3, 0.4) is 0 Å². The van der Waals surface area contributed by atoms with Crippen molar-refractivity contribution < 1.29 is 19.1 Å². The predicted molar refractivity (Wildman–Crippen MR) is 111 cm³/mol. The van der Waals surface area contributed by atoms with Crippen molar-refractivity contribution in [1.29, 1.82) is 0 Å². The standard InChI is InChI=1S/C20H18N2O4S2/c1-13-21-15(12-28-13)11-26-17-6-4-3-5-14(17)7-8-18(23)22-16-9-10-27-19(16)20(24)25-2/h3-10,12H,11H2,1-2H3,(H,22,23)/b8-7+. The van der Waals surface area contributed by atoms with Crippen LogP contribution in [0.25, 0.3) is 6.08 Å². The van der Waals surface area contributed by atoms with Gasteiger partial charge in [-0.2, -0.15) is 0 Å². The molecule has 2 heterocycles. The third-order valence-corrected chi connectivity index (χ3v) is 5.39. The second-order valence-electron chi connectivity index (χ2n) is 5.66. The van der Waals surface area contributed by atoms with Gasteiger partial charge in [-0.25, -0.2) is 9.78 Å². The molecule has 3 aromatic rings. The maximum atomic E-state index is 12.2. The molecule has 3 rings (SSSR count). The monoisotopic (exact) mass is 414 g/mol. The number of anilines is 1. The molecule has 0 radical (unpaired) electrons. The summed E-state index contributed by atoms with van der Waals surface area (Å²) in [6, 6.07) is 9.09. The summed E-state index contributed by atoms with van der Waals surface area (Å²) in [5.41, 5.74) is 2.06. The molecule has 0 saturated heterocycles. The van der Waals surface area contributed by atoms with Gasteiger partial charge in [0.25, 0.3) is 0 Å². The molecule has 0 unspecified atom stereocenters. The molecule has 1 N–H and O–H groups in total. The molecule has 1 amide bonds. The highest BCUT2D eigenvalue weighted by atomic mass is 32.1. The van der Waals surface area contributed by atoms with Crippen molar-refractivity contribution in [3.05, 3.63) is 68.3 Å². The van der Waals surface area contributed by atoms with E-state index >= 15 is 0 Å². The number of nitrogens with one attached hydrogen (secondary N) is 1. The zero-order valence-corrected chi connectivity index (χ0v) is 16.9. The second-order valence-corrected chi connectivity index (χ2v) is 7.64. The third kappa shape index (κ3) is 5.05. The topological polar surface area (TPSA) is 77.5 Å². The quantitative estimate of drug-likeness (QED) is 0.454. The largest absolute Gasteiger partial charge is 0.487 e. The van der Waals surface area contributed by atoms with Crippen LogP contribution in [0.1, 0.15) is 25.9 Å². The summed E-state index contributed by atoms with van der Waals surface area (Å²) in [6.45, 7) is 2.31. The molecule has 0 bridgehead atoms. The maximum Gasteiger partial charge on any atom is 0.350 e. The minimum absolute atomic E-state index is 0.353. The smallest absolute Gasteiger partial charge is 0.350 e. The minimum atomic E-state index is -0.481. The average Bonchev–Trinajstić information content (AvgIpc) is 3.33. The van der Waals surface area contributed by atoms with Gasteiger partial charge >= 0.3 is 5.97 Å². The van der Waals surface area contributed by atoms with E-state index in [-0.39, 0.29) is 5.91 Å². The van der Waals surface area contributed by atoms with E-state index in [9.17, 15) is 9.59 Å². The van der Waals surface area contributed by atoms with Crippen molar-refractivity contribution in [1.82, 2.24) is 4.98 Å². The molecule has 0 atom stereocenters. The van der Waals surface area contributed by atoms with Gasteiger partial charge < -0.3 is 14.8 Å². The number of methoxy groups -OCH3 is 1. The first-order valence-electron chi connectivity index (χ1n) is 8.34. The number of ether oxygens (including phenoxy) is 2. The Labute approximate surface area is 170 Å². The van der Waals surface area contributed by atoms with E-state index in [0.717, 1.165) is 16.3 Å². The van der Waals surface area contributed by atoms with Crippen molar-refractivity contribution in [2.24, 2.45) is 0 Å². The van der Waals surface area contributed by atoms with Crippen molar-refractivity contribution >= 4 is 46.3 Å². The maximum absolute atomic E-state index is 12.2. The number of thiazole rings is 1. The zero-order valence-electron chi connectivity index (χ0n) is 15.3. The van der Waals surface area contributed by atoms with Gasteiger partial charge in [0.1, 0.15) is 17.2 Å². The summed E-state index contributed by atoms with van der Waals surface area (Å²) < 4.78 is 10.5. The Morgan fingerprint density at radius 2 is 2.04 bits per heavy atom. The molecule has 0 aliphatic carbocycles. The van der Waals surface area contributed by atoms with Crippen molar-refractivity contribution in [2.75, 3.05) is 12.4 Å². The van der Waals surface area contributed by atoms with Crippen LogP contribution < -0.4 is 10.1 Å². The fraction of sp³-hybridized carbons (Fsp3) is 0.150. The van der Waals surface area contributed by atoms with Crippen LogP contribution >= 0.6 is 22.7 Å².